The van der Waals surface area contributed by atoms with E-state index in [2.05, 4.69) is 14.4 Å². The van der Waals surface area contributed by atoms with Gasteiger partial charge in [-0.3, -0.25) is 9.05 Å². The molecule has 1 aliphatic rings. The second-order valence-electron chi connectivity index (χ2n) is 6.02. The van der Waals surface area contributed by atoms with Crippen molar-refractivity contribution in [3.63, 3.8) is 0 Å². The zero-order chi connectivity index (χ0) is 20.0. The first-order valence-electron chi connectivity index (χ1n) is 8.66. The molecule has 1 amide bonds. The summed E-state index contributed by atoms with van der Waals surface area (Å²) in [7, 11) is -4.30. The van der Waals surface area contributed by atoms with Gasteiger partial charge in [0.2, 0.25) is 0 Å². The van der Waals surface area contributed by atoms with Gasteiger partial charge >= 0.3 is 13.9 Å². The number of carbonyl (C=O) groups excluding carboxylic acids is 2. The Morgan fingerprint density at radius 2 is 1.68 bits per heavy atom. The van der Waals surface area contributed by atoms with Crippen molar-refractivity contribution in [2.45, 2.75) is 5.92 Å². The summed E-state index contributed by atoms with van der Waals surface area (Å²) < 4.78 is 25.6. The van der Waals surface area contributed by atoms with Crippen molar-refractivity contribution in [2.75, 3.05) is 26.4 Å². The second-order valence-corrected chi connectivity index (χ2v) is 7.47. The van der Waals surface area contributed by atoms with E-state index in [1.54, 1.807) is 0 Å². The summed E-state index contributed by atoms with van der Waals surface area (Å²) in [4.78, 5) is 31.3. The number of amides is 1. The third kappa shape index (κ3) is 4.85. The molecule has 0 saturated heterocycles. The molecule has 28 heavy (non-hydrogen) atoms. The maximum absolute atomic E-state index is 11.9. The molecule has 0 bridgehead atoms. The van der Waals surface area contributed by atoms with Crippen molar-refractivity contribution in [3.05, 3.63) is 59.7 Å². The minimum Gasteiger partial charge on any atom is -0.449 e. The van der Waals surface area contributed by atoms with Gasteiger partial charge in [0, 0.05) is 12.5 Å². The van der Waals surface area contributed by atoms with E-state index in [0.717, 1.165) is 22.3 Å². The van der Waals surface area contributed by atoms with Crippen molar-refractivity contribution in [1.29, 1.82) is 0 Å². The van der Waals surface area contributed by atoms with Crippen molar-refractivity contribution >= 4 is 20.2 Å². The molecule has 0 heterocycles. The van der Waals surface area contributed by atoms with Crippen LogP contribution >= 0.6 is 7.82 Å². The largest absolute Gasteiger partial charge is 0.472 e. The number of alkyl carbamates (subject to hydrolysis) is 1. The Bertz CT molecular complexity index is 856. The molecule has 2 N–H and O–H groups in total. The third-order valence-electron chi connectivity index (χ3n) is 4.28. The van der Waals surface area contributed by atoms with E-state index in [1.165, 1.54) is 0 Å². The number of aldehydes is 1. The second kappa shape index (κ2) is 9.12. The lowest BCUT2D eigenvalue weighted by molar-refractivity contribution is -0.110. The van der Waals surface area contributed by atoms with Gasteiger partial charge in [0.1, 0.15) is 19.5 Å². The molecule has 1 unspecified atom stereocenters. The molecule has 2 aromatic rings. The molecule has 2 aromatic carbocycles. The molecule has 0 aliphatic heterocycles. The average molecular weight is 405 g/mol. The van der Waals surface area contributed by atoms with Crippen LogP contribution in [0.15, 0.2) is 48.5 Å². The van der Waals surface area contributed by atoms with Crippen LogP contribution in [0.5, 0.6) is 0 Å². The molecule has 8 nitrogen and oxygen atoms in total. The van der Waals surface area contributed by atoms with Crippen LogP contribution in [0.25, 0.3) is 11.1 Å². The Labute approximate surface area is 162 Å². The number of rotatable bonds is 9. The fourth-order valence-corrected chi connectivity index (χ4v) is 3.77. The van der Waals surface area contributed by atoms with E-state index in [-0.39, 0.29) is 25.7 Å². The van der Waals surface area contributed by atoms with Crippen molar-refractivity contribution in [3.8, 4) is 11.1 Å². The molecule has 1 aliphatic carbocycles. The maximum atomic E-state index is 11.9. The molecule has 0 spiro atoms. The lowest BCUT2D eigenvalue weighted by atomic mass is 9.98. The zero-order valence-corrected chi connectivity index (χ0v) is 15.8. The summed E-state index contributed by atoms with van der Waals surface area (Å²) >= 11 is 0. The number of ether oxygens (including phenoxy) is 1. The van der Waals surface area contributed by atoms with Gasteiger partial charge in [-0.25, -0.2) is 9.36 Å². The van der Waals surface area contributed by atoms with Gasteiger partial charge in [-0.1, -0.05) is 48.5 Å². The summed E-state index contributed by atoms with van der Waals surface area (Å²) in [5.74, 6) is -0.0520. The maximum Gasteiger partial charge on any atom is 0.472 e. The average Bonchev–Trinajstić information content (AvgIpc) is 3.02. The predicted octanol–water partition coefficient (Wildman–Crippen LogP) is 2.86. The highest BCUT2D eigenvalue weighted by atomic mass is 31.2. The molecule has 1 atom stereocenters. The van der Waals surface area contributed by atoms with E-state index >= 15 is 0 Å². The molecular formula is C19H20NO7P. The third-order valence-corrected chi connectivity index (χ3v) is 5.26. The normalized spacial score (nSPS) is 14.6. The van der Waals surface area contributed by atoms with Crippen molar-refractivity contribution in [2.24, 2.45) is 0 Å². The monoisotopic (exact) mass is 405 g/mol. The number of phosphoric acid groups is 1. The molecule has 0 saturated carbocycles. The Morgan fingerprint density at radius 1 is 1.07 bits per heavy atom. The Balaban J connectivity index is 1.49. The number of hydrogen-bond acceptors (Lipinski definition) is 6. The van der Waals surface area contributed by atoms with Crippen LogP contribution < -0.4 is 5.32 Å². The molecule has 0 fully saturated rings. The van der Waals surface area contributed by atoms with Crippen molar-refractivity contribution < 1.29 is 32.8 Å². The molecule has 9 heteroatoms. The van der Waals surface area contributed by atoms with E-state index < -0.39 is 20.5 Å². The molecular weight excluding hydrogens is 385 g/mol. The van der Waals surface area contributed by atoms with E-state index in [0.29, 0.717) is 6.29 Å². The first-order valence-corrected chi connectivity index (χ1v) is 10.2. The topological polar surface area (TPSA) is 111 Å². The van der Waals surface area contributed by atoms with Crippen LogP contribution in [0.4, 0.5) is 4.79 Å². The standard InChI is InChI=1S/C19H20NO7P/c21-10-12-27-28(23,24)26-11-9-20-19(22)25-13-18-16-7-3-1-5-14(16)15-6-2-4-8-17(15)18/h1-8,10,18H,9,11-13H2,(H,20,22)(H,23,24). The van der Waals surface area contributed by atoms with Gasteiger partial charge in [0.15, 0.2) is 0 Å². The first-order chi connectivity index (χ1) is 13.5. The van der Waals surface area contributed by atoms with Gasteiger partial charge in [0.25, 0.3) is 0 Å². The predicted molar refractivity (Wildman–Crippen MR) is 101 cm³/mol. The van der Waals surface area contributed by atoms with Crippen LogP contribution in [-0.4, -0.2) is 43.6 Å². The van der Waals surface area contributed by atoms with Crippen LogP contribution in [0, 0.1) is 0 Å². The smallest absolute Gasteiger partial charge is 0.449 e. The summed E-state index contributed by atoms with van der Waals surface area (Å²) in [5.41, 5.74) is 4.48. The van der Waals surface area contributed by atoms with Crippen LogP contribution in [0.3, 0.4) is 0 Å². The van der Waals surface area contributed by atoms with Gasteiger partial charge in [-0.05, 0) is 22.3 Å². The van der Waals surface area contributed by atoms with Crippen LogP contribution in [0.1, 0.15) is 17.0 Å². The zero-order valence-electron chi connectivity index (χ0n) is 14.9. The number of benzene rings is 2. The highest BCUT2D eigenvalue weighted by Gasteiger charge is 2.29. The SMILES string of the molecule is O=CCOP(=O)(O)OCCNC(=O)OCC1c2ccccc2-c2ccccc21. The number of phosphoric ester groups is 1. The summed E-state index contributed by atoms with van der Waals surface area (Å²) in [5, 5.41) is 2.44. The minimum atomic E-state index is -4.30. The van der Waals surface area contributed by atoms with Crippen molar-refractivity contribution in [1.82, 2.24) is 5.32 Å². The highest BCUT2D eigenvalue weighted by molar-refractivity contribution is 7.47. The molecule has 148 valence electrons. The van der Waals surface area contributed by atoms with E-state index in [9.17, 15) is 19.0 Å². The van der Waals surface area contributed by atoms with E-state index in [1.807, 2.05) is 48.5 Å². The molecule has 3 rings (SSSR count). The lowest BCUT2D eigenvalue weighted by Crippen LogP contribution is -2.29. The fourth-order valence-electron chi connectivity index (χ4n) is 3.13. The highest BCUT2D eigenvalue weighted by Crippen LogP contribution is 2.44. The lowest BCUT2D eigenvalue weighted by Gasteiger charge is -2.15. The fraction of sp³-hybridized carbons (Fsp3) is 0.263. The van der Waals surface area contributed by atoms with Gasteiger partial charge in [-0.15, -0.1) is 0 Å². The first kappa shape index (κ1) is 20.2. The quantitative estimate of drug-likeness (QED) is 0.375. The van der Waals surface area contributed by atoms with Crippen LogP contribution in [0.2, 0.25) is 0 Å². The minimum absolute atomic E-state index is 0.0499. The number of nitrogens with one attached hydrogen (secondary N) is 1. The van der Waals surface area contributed by atoms with E-state index in [4.69, 9.17) is 4.74 Å². The van der Waals surface area contributed by atoms with Gasteiger partial charge < -0.3 is 19.7 Å². The molecule has 0 aromatic heterocycles. The number of carbonyl (C=O) groups is 2. The van der Waals surface area contributed by atoms with Gasteiger partial charge in [-0.2, -0.15) is 0 Å². The Morgan fingerprint density at radius 3 is 2.29 bits per heavy atom. The van der Waals surface area contributed by atoms with Gasteiger partial charge in [0.05, 0.1) is 6.61 Å². The summed E-state index contributed by atoms with van der Waals surface area (Å²) in [6, 6.07) is 16.0. The Kier molecular flexibility index (Phi) is 6.59. The summed E-state index contributed by atoms with van der Waals surface area (Å²) in [6.07, 6.45) is -0.326. The number of hydrogen-bond donors (Lipinski definition) is 2. The summed E-state index contributed by atoms with van der Waals surface area (Å²) in [6.45, 7) is -0.697. The number of fused-ring (bicyclic) bond motifs is 3. The molecule has 0 radical (unpaired) electrons. The van der Waals surface area contributed by atoms with Crippen LogP contribution in [-0.2, 0) is 23.1 Å². The Hall–Kier alpha value is -2.51.